The molecule has 0 saturated carbocycles. The molecule has 0 aliphatic rings. The third kappa shape index (κ3) is 6.02. The highest BCUT2D eigenvalue weighted by molar-refractivity contribution is 5.82. The lowest BCUT2D eigenvalue weighted by atomic mass is 10.1. The first kappa shape index (κ1) is 16.4. The highest BCUT2D eigenvalue weighted by atomic mass is 16.5. The molecular formula is C17H25NO2. The van der Waals surface area contributed by atoms with Crippen LogP contribution in [0.2, 0.25) is 0 Å². The zero-order chi connectivity index (χ0) is 15.0. The molecule has 0 aromatic heterocycles. The van der Waals surface area contributed by atoms with Crippen LogP contribution in [0.4, 0.5) is 0 Å². The molecule has 0 aliphatic heterocycles. The Morgan fingerprint density at radius 1 is 1.10 bits per heavy atom. The van der Waals surface area contributed by atoms with E-state index in [0.717, 1.165) is 30.8 Å². The molecule has 0 bridgehead atoms. The number of hydrogen-bond acceptors (Lipinski definition) is 3. The molecule has 20 heavy (non-hydrogen) atoms. The minimum absolute atomic E-state index is 0.280. The summed E-state index contributed by atoms with van der Waals surface area (Å²) in [5.74, 6) is -0.280. The monoisotopic (exact) mass is 275 g/mol. The molecule has 0 spiro atoms. The molecular weight excluding hydrogens is 250 g/mol. The molecule has 0 aliphatic carbocycles. The molecule has 3 nitrogen and oxygen atoms in total. The minimum Gasteiger partial charge on any atom is -0.458 e. The summed E-state index contributed by atoms with van der Waals surface area (Å²) in [5, 5.41) is 0. The van der Waals surface area contributed by atoms with Crippen molar-refractivity contribution in [3.05, 3.63) is 47.0 Å². The van der Waals surface area contributed by atoms with Gasteiger partial charge in [0.05, 0.1) is 0 Å². The van der Waals surface area contributed by atoms with Gasteiger partial charge in [-0.3, -0.25) is 4.90 Å². The van der Waals surface area contributed by atoms with Gasteiger partial charge in [0.2, 0.25) is 0 Å². The van der Waals surface area contributed by atoms with E-state index in [1.54, 1.807) is 0 Å². The van der Waals surface area contributed by atoms with Gasteiger partial charge in [-0.15, -0.1) is 0 Å². The third-order valence-corrected chi connectivity index (χ3v) is 3.11. The molecule has 0 saturated heterocycles. The number of allylic oxidation sites excluding steroid dienone is 1. The third-order valence-electron chi connectivity index (χ3n) is 3.11. The second-order valence-electron chi connectivity index (χ2n) is 5.11. The number of esters is 1. The standard InChI is InChI=1S/C17H25NO2/c1-5-18(6-2)12-15-7-9-16(10-8-15)13-20-17(19)11-14(3)4/h7-11H,5-6,12-13H2,1-4H3. The Morgan fingerprint density at radius 3 is 2.15 bits per heavy atom. The van der Waals surface area contributed by atoms with Crippen molar-refractivity contribution in [1.29, 1.82) is 0 Å². The second-order valence-corrected chi connectivity index (χ2v) is 5.11. The number of rotatable bonds is 7. The van der Waals surface area contributed by atoms with Crippen LogP contribution in [-0.2, 0) is 22.7 Å². The average Bonchev–Trinajstić information content (AvgIpc) is 2.43. The normalized spacial score (nSPS) is 10.4. The number of ether oxygens (including phenoxy) is 1. The van der Waals surface area contributed by atoms with Gasteiger partial charge in [0, 0.05) is 12.6 Å². The fraction of sp³-hybridized carbons (Fsp3) is 0.471. The summed E-state index contributed by atoms with van der Waals surface area (Å²) in [6, 6.07) is 8.24. The van der Waals surface area contributed by atoms with Gasteiger partial charge >= 0.3 is 5.97 Å². The first-order chi connectivity index (χ1) is 9.55. The predicted molar refractivity (Wildman–Crippen MR) is 82.3 cm³/mol. The van der Waals surface area contributed by atoms with Crippen molar-refractivity contribution >= 4 is 5.97 Å². The summed E-state index contributed by atoms with van der Waals surface area (Å²) < 4.78 is 5.18. The van der Waals surface area contributed by atoms with Gasteiger partial charge in [-0.1, -0.05) is 43.7 Å². The Kier molecular flexibility index (Phi) is 7.02. The summed E-state index contributed by atoms with van der Waals surface area (Å²) in [6.45, 7) is 11.5. The van der Waals surface area contributed by atoms with Crippen molar-refractivity contribution in [2.75, 3.05) is 13.1 Å². The van der Waals surface area contributed by atoms with Crippen LogP contribution in [0, 0.1) is 0 Å². The Balaban J connectivity index is 2.50. The van der Waals surface area contributed by atoms with Crippen LogP contribution in [0.25, 0.3) is 0 Å². The van der Waals surface area contributed by atoms with E-state index in [-0.39, 0.29) is 5.97 Å². The molecule has 0 radical (unpaired) electrons. The van der Waals surface area contributed by atoms with Gasteiger partial charge in [0.15, 0.2) is 0 Å². The summed E-state index contributed by atoms with van der Waals surface area (Å²) >= 11 is 0. The van der Waals surface area contributed by atoms with E-state index in [1.165, 1.54) is 11.6 Å². The quantitative estimate of drug-likeness (QED) is 0.563. The number of hydrogen-bond donors (Lipinski definition) is 0. The summed E-state index contributed by atoms with van der Waals surface area (Å²) in [4.78, 5) is 13.8. The fourth-order valence-corrected chi connectivity index (χ4v) is 1.88. The number of nitrogens with zero attached hydrogens (tertiary/aromatic N) is 1. The Hall–Kier alpha value is -1.61. The second kappa shape index (κ2) is 8.54. The highest BCUT2D eigenvalue weighted by Crippen LogP contribution is 2.09. The Morgan fingerprint density at radius 2 is 1.65 bits per heavy atom. The van der Waals surface area contributed by atoms with Gasteiger partial charge < -0.3 is 4.74 Å². The van der Waals surface area contributed by atoms with E-state index < -0.39 is 0 Å². The first-order valence-corrected chi connectivity index (χ1v) is 7.17. The molecule has 1 aromatic rings. The fourth-order valence-electron chi connectivity index (χ4n) is 1.88. The van der Waals surface area contributed by atoms with Gasteiger partial charge in [0.1, 0.15) is 6.61 Å². The predicted octanol–water partition coefficient (Wildman–Crippen LogP) is 3.54. The molecule has 0 atom stereocenters. The first-order valence-electron chi connectivity index (χ1n) is 7.17. The maximum absolute atomic E-state index is 11.4. The van der Waals surface area contributed by atoms with Gasteiger partial charge in [0.25, 0.3) is 0 Å². The number of benzene rings is 1. The zero-order valence-corrected chi connectivity index (χ0v) is 13.0. The van der Waals surface area contributed by atoms with Crippen LogP contribution in [0.3, 0.4) is 0 Å². The molecule has 0 heterocycles. The zero-order valence-electron chi connectivity index (χ0n) is 13.0. The SMILES string of the molecule is CCN(CC)Cc1ccc(COC(=O)C=C(C)C)cc1. The van der Waals surface area contributed by atoms with Crippen molar-refractivity contribution in [1.82, 2.24) is 4.90 Å². The van der Waals surface area contributed by atoms with E-state index >= 15 is 0 Å². The van der Waals surface area contributed by atoms with Crippen molar-refractivity contribution in [2.45, 2.75) is 40.8 Å². The summed E-state index contributed by atoms with van der Waals surface area (Å²) in [5.41, 5.74) is 3.25. The highest BCUT2D eigenvalue weighted by Gasteiger charge is 2.02. The minimum atomic E-state index is -0.280. The molecule has 0 N–H and O–H groups in total. The molecule has 0 amide bonds. The topological polar surface area (TPSA) is 29.5 Å². The van der Waals surface area contributed by atoms with Crippen molar-refractivity contribution in [3.8, 4) is 0 Å². The summed E-state index contributed by atoms with van der Waals surface area (Å²) in [7, 11) is 0. The molecule has 1 rings (SSSR count). The largest absolute Gasteiger partial charge is 0.458 e. The molecule has 1 aromatic carbocycles. The van der Waals surface area contributed by atoms with E-state index in [4.69, 9.17) is 4.74 Å². The molecule has 110 valence electrons. The smallest absolute Gasteiger partial charge is 0.331 e. The van der Waals surface area contributed by atoms with Crippen LogP contribution in [-0.4, -0.2) is 24.0 Å². The molecule has 3 heteroatoms. The lowest BCUT2D eigenvalue weighted by Gasteiger charge is -2.18. The Bertz CT molecular complexity index is 441. The number of carbonyl (C=O) groups is 1. The van der Waals surface area contributed by atoms with E-state index in [9.17, 15) is 4.79 Å². The average molecular weight is 275 g/mol. The van der Waals surface area contributed by atoms with Crippen molar-refractivity contribution < 1.29 is 9.53 Å². The van der Waals surface area contributed by atoms with Gasteiger partial charge in [-0.05, 0) is 38.1 Å². The van der Waals surface area contributed by atoms with Crippen molar-refractivity contribution in [3.63, 3.8) is 0 Å². The molecule has 0 unspecified atom stereocenters. The van der Waals surface area contributed by atoms with E-state index in [0.29, 0.717) is 6.61 Å². The summed E-state index contributed by atoms with van der Waals surface area (Å²) in [6.07, 6.45) is 1.51. The van der Waals surface area contributed by atoms with Gasteiger partial charge in [-0.25, -0.2) is 4.79 Å². The maximum Gasteiger partial charge on any atom is 0.331 e. The van der Waals surface area contributed by atoms with Crippen LogP contribution in [0.5, 0.6) is 0 Å². The van der Waals surface area contributed by atoms with Gasteiger partial charge in [-0.2, -0.15) is 0 Å². The number of carbonyl (C=O) groups excluding carboxylic acids is 1. The molecule has 0 fully saturated rings. The van der Waals surface area contributed by atoms with Crippen molar-refractivity contribution in [2.24, 2.45) is 0 Å². The van der Waals surface area contributed by atoms with Crippen LogP contribution < -0.4 is 0 Å². The van der Waals surface area contributed by atoms with E-state index in [1.807, 2.05) is 26.0 Å². The maximum atomic E-state index is 11.4. The lowest BCUT2D eigenvalue weighted by Crippen LogP contribution is -2.22. The Labute approximate surface area is 122 Å². The van der Waals surface area contributed by atoms with Crippen LogP contribution >= 0.6 is 0 Å². The van der Waals surface area contributed by atoms with Crippen LogP contribution in [0.15, 0.2) is 35.9 Å². The lowest BCUT2D eigenvalue weighted by molar-refractivity contribution is -0.139. The van der Waals surface area contributed by atoms with E-state index in [2.05, 4.69) is 30.9 Å². The van der Waals surface area contributed by atoms with Crippen LogP contribution in [0.1, 0.15) is 38.8 Å².